The Hall–Kier alpha value is -3.25. The van der Waals surface area contributed by atoms with Crippen molar-refractivity contribution in [3.63, 3.8) is 0 Å². The second-order valence-electron chi connectivity index (χ2n) is 8.05. The predicted octanol–water partition coefficient (Wildman–Crippen LogP) is 8.18. The summed E-state index contributed by atoms with van der Waals surface area (Å²) in [6, 6.07) is 32.9. The molecule has 1 aliphatic heterocycles. The summed E-state index contributed by atoms with van der Waals surface area (Å²) in [7, 11) is 0. The fourth-order valence-corrected chi connectivity index (χ4v) is 4.96. The van der Waals surface area contributed by atoms with E-state index in [2.05, 4.69) is 17.4 Å². The van der Waals surface area contributed by atoms with E-state index < -0.39 is 0 Å². The Morgan fingerprint density at radius 3 is 2.00 bits per heavy atom. The Morgan fingerprint density at radius 1 is 0.800 bits per heavy atom. The van der Waals surface area contributed by atoms with Crippen molar-refractivity contribution in [1.29, 1.82) is 0 Å². The number of hydrogen-bond acceptors (Lipinski definition) is 3. The van der Waals surface area contributed by atoms with E-state index in [9.17, 15) is 4.79 Å². The predicted molar refractivity (Wildman–Crippen MR) is 145 cm³/mol. The highest BCUT2D eigenvalue weighted by atomic mass is 35.5. The zero-order chi connectivity index (χ0) is 24.2. The lowest BCUT2D eigenvalue weighted by atomic mass is 9.91. The average Bonchev–Trinajstić information content (AvgIpc) is 3.33. The molecule has 0 spiro atoms. The molecule has 174 valence electrons. The first-order valence-electron chi connectivity index (χ1n) is 11.1. The van der Waals surface area contributed by atoms with Crippen molar-refractivity contribution in [3.05, 3.63) is 124 Å². The number of carbonyl (C=O) groups is 1. The molecular formula is C28H21Cl2N3OS. The van der Waals surface area contributed by atoms with E-state index in [1.807, 2.05) is 91.0 Å². The third-order valence-corrected chi connectivity index (χ3v) is 7.16. The van der Waals surface area contributed by atoms with Crippen LogP contribution in [0.15, 0.2) is 118 Å². The van der Waals surface area contributed by atoms with Crippen LogP contribution in [0.2, 0.25) is 10.0 Å². The van der Waals surface area contributed by atoms with Gasteiger partial charge in [0.2, 0.25) is 0 Å². The van der Waals surface area contributed by atoms with Crippen molar-refractivity contribution in [2.75, 3.05) is 11.9 Å². The van der Waals surface area contributed by atoms with Gasteiger partial charge in [0.1, 0.15) is 0 Å². The van der Waals surface area contributed by atoms with Crippen LogP contribution < -0.4 is 5.32 Å². The molecule has 1 unspecified atom stereocenters. The van der Waals surface area contributed by atoms with E-state index in [4.69, 9.17) is 28.3 Å². The van der Waals surface area contributed by atoms with Gasteiger partial charge in [-0.05, 0) is 71.8 Å². The number of hydrazone groups is 1. The standard InChI is InChI=1S/C28H21Cl2N3OS/c29-21-8-6-20(7-9-21)27-26(19-4-2-1-3-5-19)18-33(32-27)28(34)31-23-12-16-25(17-13-23)35-24-14-10-22(30)11-15-24/h1-17,26H,18H2,(H,31,34). The number of amides is 2. The maximum Gasteiger partial charge on any atom is 0.342 e. The van der Waals surface area contributed by atoms with Crippen LogP contribution in [0.3, 0.4) is 0 Å². The first-order valence-corrected chi connectivity index (χ1v) is 12.6. The number of urea groups is 1. The summed E-state index contributed by atoms with van der Waals surface area (Å²) in [6.45, 7) is 0.457. The third-order valence-electron chi connectivity index (χ3n) is 5.65. The SMILES string of the molecule is O=C(Nc1ccc(Sc2ccc(Cl)cc2)cc1)N1CC(c2ccccc2)C(c2ccc(Cl)cc2)=N1. The molecule has 0 radical (unpaired) electrons. The molecule has 1 N–H and O–H groups in total. The summed E-state index contributed by atoms with van der Waals surface area (Å²) in [4.78, 5) is 15.3. The Kier molecular flexibility index (Phi) is 7.09. The second-order valence-corrected chi connectivity index (χ2v) is 10.1. The van der Waals surface area contributed by atoms with Crippen LogP contribution in [0.4, 0.5) is 10.5 Å². The van der Waals surface area contributed by atoms with Gasteiger partial charge in [-0.15, -0.1) is 0 Å². The number of nitrogens with zero attached hydrogens (tertiary/aromatic N) is 2. The van der Waals surface area contributed by atoms with Crippen molar-refractivity contribution in [2.45, 2.75) is 15.7 Å². The van der Waals surface area contributed by atoms with Gasteiger partial charge in [-0.3, -0.25) is 0 Å². The summed E-state index contributed by atoms with van der Waals surface area (Å²) < 4.78 is 0. The lowest BCUT2D eigenvalue weighted by Gasteiger charge is -2.16. The molecule has 1 atom stereocenters. The fourth-order valence-electron chi connectivity index (χ4n) is 3.89. The van der Waals surface area contributed by atoms with Crippen molar-refractivity contribution in [2.24, 2.45) is 5.10 Å². The second kappa shape index (κ2) is 10.6. The number of nitrogens with one attached hydrogen (secondary N) is 1. The summed E-state index contributed by atoms with van der Waals surface area (Å²) in [5.74, 6) is -0.0266. The largest absolute Gasteiger partial charge is 0.342 e. The highest BCUT2D eigenvalue weighted by Gasteiger charge is 2.32. The Labute approximate surface area is 218 Å². The van der Waals surface area contributed by atoms with E-state index in [1.165, 1.54) is 5.01 Å². The molecule has 0 aliphatic carbocycles. The molecule has 1 aliphatic rings. The van der Waals surface area contributed by atoms with Crippen LogP contribution >= 0.6 is 35.0 Å². The average molecular weight is 518 g/mol. The van der Waals surface area contributed by atoms with Gasteiger partial charge < -0.3 is 5.32 Å². The molecule has 0 aromatic heterocycles. The summed E-state index contributed by atoms with van der Waals surface area (Å²) >= 11 is 13.7. The van der Waals surface area contributed by atoms with E-state index in [0.717, 1.165) is 26.6 Å². The van der Waals surface area contributed by atoms with Gasteiger partial charge >= 0.3 is 6.03 Å². The van der Waals surface area contributed by atoms with Crippen molar-refractivity contribution >= 4 is 52.4 Å². The van der Waals surface area contributed by atoms with Crippen molar-refractivity contribution < 1.29 is 4.79 Å². The fraction of sp³-hybridized carbons (Fsp3) is 0.0714. The molecule has 7 heteroatoms. The number of rotatable bonds is 5. The lowest BCUT2D eigenvalue weighted by molar-refractivity contribution is 0.218. The molecule has 0 bridgehead atoms. The summed E-state index contributed by atoms with van der Waals surface area (Å²) in [5, 5.41) is 10.5. The van der Waals surface area contributed by atoms with Gasteiger partial charge in [0, 0.05) is 31.4 Å². The van der Waals surface area contributed by atoms with Crippen molar-refractivity contribution in [1.82, 2.24) is 5.01 Å². The quantitative estimate of drug-likeness (QED) is 0.290. The van der Waals surface area contributed by atoms with Gasteiger partial charge in [0.15, 0.2) is 0 Å². The zero-order valence-corrected chi connectivity index (χ0v) is 20.9. The van der Waals surface area contributed by atoms with Crippen LogP contribution in [0, 0.1) is 0 Å². The molecule has 0 saturated carbocycles. The normalized spacial score (nSPS) is 15.1. The van der Waals surface area contributed by atoms with E-state index in [-0.39, 0.29) is 11.9 Å². The van der Waals surface area contributed by atoms with Gasteiger partial charge in [-0.25, -0.2) is 9.80 Å². The highest BCUT2D eigenvalue weighted by molar-refractivity contribution is 7.99. The molecular weight excluding hydrogens is 497 g/mol. The molecule has 0 saturated heterocycles. The molecule has 4 nitrogen and oxygen atoms in total. The smallest absolute Gasteiger partial charge is 0.306 e. The minimum atomic E-state index is -0.270. The number of hydrogen-bond donors (Lipinski definition) is 1. The molecule has 1 heterocycles. The third kappa shape index (κ3) is 5.70. The monoisotopic (exact) mass is 517 g/mol. The Balaban J connectivity index is 1.31. The summed E-state index contributed by atoms with van der Waals surface area (Å²) in [5.41, 5.74) is 3.61. The van der Waals surface area contributed by atoms with Crippen LogP contribution in [0.1, 0.15) is 17.0 Å². The lowest BCUT2D eigenvalue weighted by Crippen LogP contribution is -2.30. The number of carbonyl (C=O) groups excluding carboxylic acids is 1. The zero-order valence-electron chi connectivity index (χ0n) is 18.6. The number of benzene rings is 4. The van der Waals surface area contributed by atoms with Crippen LogP contribution in [-0.4, -0.2) is 23.3 Å². The maximum atomic E-state index is 13.1. The Morgan fingerprint density at radius 2 is 1.37 bits per heavy atom. The minimum absolute atomic E-state index is 0.0266. The van der Waals surface area contributed by atoms with E-state index in [1.54, 1.807) is 11.8 Å². The molecule has 35 heavy (non-hydrogen) atoms. The van der Waals surface area contributed by atoms with Gasteiger partial charge in [-0.1, -0.05) is 77.4 Å². The van der Waals surface area contributed by atoms with Crippen molar-refractivity contribution in [3.8, 4) is 0 Å². The van der Waals surface area contributed by atoms with Gasteiger partial charge in [-0.2, -0.15) is 5.10 Å². The van der Waals surface area contributed by atoms with Gasteiger partial charge in [0.25, 0.3) is 0 Å². The molecule has 4 aromatic rings. The topological polar surface area (TPSA) is 44.7 Å². The van der Waals surface area contributed by atoms with Crippen LogP contribution in [0.5, 0.6) is 0 Å². The number of anilines is 1. The van der Waals surface area contributed by atoms with Crippen LogP contribution in [0.25, 0.3) is 0 Å². The molecule has 4 aromatic carbocycles. The first kappa shape index (κ1) is 23.5. The van der Waals surface area contributed by atoms with E-state index in [0.29, 0.717) is 22.3 Å². The Bertz CT molecular complexity index is 1340. The molecule has 5 rings (SSSR count). The molecule has 2 amide bonds. The van der Waals surface area contributed by atoms with Crippen LogP contribution in [-0.2, 0) is 0 Å². The molecule has 0 fully saturated rings. The van der Waals surface area contributed by atoms with E-state index >= 15 is 0 Å². The minimum Gasteiger partial charge on any atom is -0.306 e. The maximum absolute atomic E-state index is 13.1. The first-order chi connectivity index (χ1) is 17.0. The summed E-state index contributed by atoms with van der Waals surface area (Å²) in [6.07, 6.45) is 0. The highest BCUT2D eigenvalue weighted by Crippen LogP contribution is 2.31. The number of halogens is 2. The van der Waals surface area contributed by atoms with Gasteiger partial charge in [0.05, 0.1) is 12.3 Å².